The number of quaternary nitrogens is 2. The van der Waals surface area contributed by atoms with Crippen LogP contribution in [0.2, 0.25) is 0 Å². The summed E-state index contributed by atoms with van der Waals surface area (Å²) >= 11 is 0. The molecule has 0 heterocycles. The summed E-state index contributed by atoms with van der Waals surface area (Å²) in [6, 6.07) is 0. The van der Waals surface area contributed by atoms with Gasteiger partial charge in [-0.3, -0.25) is 18.1 Å². The average Bonchev–Trinajstić information content (AvgIpc) is 2.46. The van der Waals surface area contributed by atoms with Crippen molar-refractivity contribution in [3.05, 3.63) is 0 Å². The van der Waals surface area contributed by atoms with Crippen LogP contribution in [0, 0.1) is 0 Å². The van der Waals surface area contributed by atoms with Gasteiger partial charge >= 0.3 is 15.6 Å². The van der Waals surface area contributed by atoms with Crippen molar-refractivity contribution in [2.24, 2.45) is 0 Å². The van der Waals surface area contributed by atoms with Crippen LogP contribution in [0.3, 0.4) is 0 Å². The van der Waals surface area contributed by atoms with Crippen LogP contribution in [0.25, 0.3) is 0 Å². The summed E-state index contributed by atoms with van der Waals surface area (Å²) in [5.41, 5.74) is 0. The number of hydrogen-bond donors (Lipinski definition) is 2. The minimum atomic E-state index is -4.01. The summed E-state index contributed by atoms with van der Waals surface area (Å²) in [7, 11) is 3.75. The first-order chi connectivity index (χ1) is 12.6. The minimum Gasteiger partial charge on any atom is -0.329 e. The molecule has 170 valence electrons. The van der Waals surface area contributed by atoms with Gasteiger partial charge in [-0.2, -0.15) is 0 Å². The first-order valence-corrected chi connectivity index (χ1v) is 12.5. The Kier molecular flexibility index (Phi) is 12.8. The van der Waals surface area contributed by atoms with Gasteiger partial charge in [0.1, 0.15) is 26.3 Å². The van der Waals surface area contributed by atoms with Crippen molar-refractivity contribution in [2.45, 2.75) is 25.7 Å². The Balaban J connectivity index is 3.70. The molecule has 2 atom stereocenters. The van der Waals surface area contributed by atoms with E-state index >= 15 is 0 Å². The fraction of sp³-hybridized carbons (Fsp3) is 1.00. The summed E-state index contributed by atoms with van der Waals surface area (Å²) in [5, 5.41) is 0. The van der Waals surface area contributed by atoms with Crippen LogP contribution in [-0.2, 0) is 27.2 Å². The molecule has 2 unspecified atom stereocenters. The van der Waals surface area contributed by atoms with Crippen LogP contribution < -0.4 is 0 Å². The quantitative estimate of drug-likeness (QED) is 0.197. The van der Waals surface area contributed by atoms with Crippen molar-refractivity contribution in [2.75, 3.05) is 81.8 Å². The van der Waals surface area contributed by atoms with Gasteiger partial charge in [-0.25, -0.2) is 9.13 Å². The highest BCUT2D eigenvalue weighted by molar-refractivity contribution is 7.47. The molecule has 0 rings (SSSR count). The summed E-state index contributed by atoms with van der Waals surface area (Å²) in [6.45, 7) is 1.72. The van der Waals surface area contributed by atoms with Crippen LogP contribution in [-0.4, -0.2) is 101 Å². The molecule has 0 radical (unpaired) electrons. The number of phosphoric ester groups is 2. The largest absolute Gasteiger partial charge is 0.472 e. The standard InChI is InChI=1S/C16H38N2O8P2/c1-17(2,3)11-15-25-27(19,20)23-13-9-7-8-10-14-24-28(21,22)26-16-12-18(4,5)6/h7-16H2,1-6H3/p+2. The molecular formula is C16H40N2O8P2+2. The number of nitrogens with zero attached hydrogens (tertiary/aromatic N) is 2. The summed E-state index contributed by atoms with van der Waals surface area (Å²) in [6.07, 6.45) is 2.64. The van der Waals surface area contributed by atoms with E-state index < -0.39 is 15.6 Å². The molecule has 0 aliphatic rings. The van der Waals surface area contributed by atoms with Crippen LogP contribution in [0.15, 0.2) is 0 Å². The van der Waals surface area contributed by atoms with Crippen molar-refractivity contribution < 1.29 is 46.0 Å². The van der Waals surface area contributed by atoms with Crippen LogP contribution in [0.4, 0.5) is 0 Å². The number of unbranched alkanes of at least 4 members (excludes halogenated alkanes) is 3. The molecule has 0 fully saturated rings. The van der Waals surface area contributed by atoms with Gasteiger partial charge in [0, 0.05) is 0 Å². The van der Waals surface area contributed by atoms with Crippen LogP contribution in [0.1, 0.15) is 25.7 Å². The predicted octanol–water partition coefficient (Wildman–Crippen LogP) is 2.23. The Morgan fingerprint density at radius 1 is 0.571 bits per heavy atom. The maximum Gasteiger partial charge on any atom is 0.472 e. The lowest BCUT2D eigenvalue weighted by Gasteiger charge is -2.24. The number of hydrogen-bond acceptors (Lipinski definition) is 6. The molecule has 0 saturated heterocycles. The lowest BCUT2D eigenvalue weighted by molar-refractivity contribution is -0.870. The number of likely N-dealkylation sites (N-methyl/N-ethyl adjacent to an activating group) is 2. The van der Waals surface area contributed by atoms with E-state index in [0.717, 1.165) is 12.8 Å². The normalized spacial score (nSPS) is 17.3. The zero-order valence-corrected chi connectivity index (χ0v) is 20.0. The molecule has 10 nitrogen and oxygen atoms in total. The Labute approximate surface area is 169 Å². The zero-order valence-electron chi connectivity index (χ0n) is 18.2. The molecule has 0 bridgehead atoms. The van der Waals surface area contributed by atoms with Gasteiger partial charge in [-0.15, -0.1) is 0 Å². The summed E-state index contributed by atoms with van der Waals surface area (Å²) in [4.78, 5) is 19.1. The van der Waals surface area contributed by atoms with E-state index in [1.165, 1.54) is 0 Å². The smallest absolute Gasteiger partial charge is 0.329 e. The molecule has 2 N–H and O–H groups in total. The Morgan fingerprint density at radius 2 is 0.857 bits per heavy atom. The molecule has 0 spiro atoms. The third kappa shape index (κ3) is 19.5. The fourth-order valence-corrected chi connectivity index (χ4v) is 3.35. The van der Waals surface area contributed by atoms with Crippen molar-refractivity contribution >= 4 is 15.6 Å². The lowest BCUT2D eigenvalue weighted by atomic mass is 10.2. The molecule has 0 aliphatic heterocycles. The molecule has 0 aromatic rings. The van der Waals surface area contributed by atoms with E-state index in [0.29, 0.717) is 34.9 Å². The van der Waals surface area contributed by atoms with Crippen LogP contribution >= 0.6 is 15.6 Å². The van der Waals surface area contributed by atoms with Crippen molar-refractivity contribution in [1.82, 2.24) is 0 Å². The molecule has 28 heavy (non-hydrogen) atoms. The van der Waals surface area contributed by atoms with Gasteiger partial charge in [0.25, 0.3) is 0 Å². The molecular weight excluding hydrogens is 410 g/mol. The van der Waals surface area contributed by atoms with Gasteiger partial charge in [0.15, 0.2) is 0 Å². The lowest BCUT2D eigenvalue weighted by Crippen LogP contribution is -2.37. The van der Waals surface area contributed by atoms with Gasteiger partial charge < -0.3 is 18.8 Å². The third-order valence-electron chi connectivity index (χ3n) is 3.58. The SMILES string of the molecule is C[N+](C)(C)CCOP(=O)(O)OCCCCCCOP(=O)(O)OCC[N+](C)(C)C. The monoisotopic (exact) mass is 450 g/mol. The Morgan fingerprint density at radius 3 is 1.14 bits per heavy atom. The number of phosphoric acid groups is 2. The van der Waals surface area contributed by atoms with E-state index in [-0.39, 0.29) is 26.4 Å². The minimum absolute atomic E-state index is 0.117. The maximum atomic E-state index is 11.7. The highest BCUT2D eigenvalue weighted by Crippen LogP contribution is 2.44. The molecule has 0 aliphatic carbocycles. The van der Waals surface area contributed by atoms with Gasteiger partial charge in [0.05, 0.1) is 55.5 Å². The van der Waals surface area contributed by atoms with Gasteiger partial charge in [-0.1, -0.05) is 12.8 Å². The van der Waals surface area contributed by atoms with Crippen molar-refractivity contribution in [3.63, 3.8) is 0 Å². The highest BCUT2D eigenvalue weighted by Gasteiger charge is 2.23. The second kappa shape index (κ2) is 12.7. The highest BCUT2D eigenvalue weighted by atomic mass is 31.2. The maximum absolute atomic E-state index is 11.7. The van der Waals surface area contributed by atoms with Gasteiger partial charge in [-0.05, 0) is 12.8 Å². The molecule has 0 aromatic carbocycles. The van der Waals surface area contributed by atoms with E-state index in [1.807, 2.05) is 42.3 Å². The van der Waals surface area contributed by atoms with Crippen molar-refractivity contribution in [3.8, 4) is 0 Å². The zero-order chi connectivity index (χ0) is 21.9. The van der Waals surface area contributed by atoms with Crippen LogP contribution in [0.5, 0.6) is 0 Å². The number of rotatable bonds is 17. The molecule has 0 aromatic heterocycles. The van der Waals surface area contributed by atoms with E-state index in [1.54, 1.807) is 0 Å². The summed E-state index contributed by atoms with van der Waals surface area (Å²) < 4.78 is 44.3. The van der Waals surface area contributed by atoms with E-state index in [4.69, 9.17) is 18.1 Å². The van der Waals surface area contributed by atoms with E-state index in [9.17, 15) is 18.9 Å². The third-order valence-corrected chi connectivity index (χ3v) is 5.62. The van der Waals surface area contributed by atoms with Gasteiger partial charge in [0.2, 0.25) is 0 Å². The topological polar surface area (TPSA) is 112 Å². The molecule has 0 saturated carbocycles. The summed E-state index contributed by atoms with van der Waals surface area (Å²) in [5.74, 6) is 0. The first kappa shape index (κ1) is 28.1. The predicted molar refractivity (Wildman–Crippen MR) is 108 cm³/mol. The Hall–Kier alpha value is 0.140. The molecule has 0 amide bonds. The fourth-order valence-electron chi connectivity index (χ4n) is 1.85. The second-order valence-electron chi connectivity index (χ2n) is 8.71. The second-order valence-corrected chi connectivity index (χ2v) is 11.6. The average molecular weight is 450 g/mol. The first-order valence-electron chi connectivity index (χ1n) is 9.47. The molecule has 12 heteroatoms. The Bertz CT molecular complexity index is 474. The van der Waals surface area contributed by atoms with Crippen molar-refractivity contribution in [1.29, 1.82) is 0 Å². The van der Waals surface area contributed by atoms with E-state index in [2.05, 4.69) is 0 Å².